The Balaban J connectivity index is 1.58. The lowest BCUT2D eigenvalue weighted by molar-refractivity contribution is 0.0276. The summed E-state index contributed by atoms with van der Waals surface area (Å²) in [6.07, 6.45) is 0. The zero-order valence-corrected chi connectivity index (χ0v) is 17.5. The van der Waals surface area contributed by atoms with Gasteiger partial charge in [0.05, 0.1) is 23.6 Å². The number of carbonyl (C=O) groups is 1. The standard InChI is InChI=1S/C24H22N2O4S/c27-16-22-23-19-13-7-8-14-20(19)25(24(28)17-9-3-1-4-10-17)15-21(23)26(22)31(29,30)18-11-5-2-6-12-18/h1-14,21-23,27H,15-16H2/t21-,22-,23+/m0/s1. The first-order valence-corrected chi connectivity index (χ1v) is 11.6. The molecule has 0 saturated carbocycles. The first-order valence-electron chi connectivity index (χ1n) is 10.2. The highest BCUT2D eigenvalue weighted by Crippen LogP contribution is 2.50. The average Bonchev–Trinajstić information content (AvgIpc) is 2.80. The second kappa shape index (κ2) is 7.60. The van der Waals surface area contributed by atoms with E-state index >= 15 is 0 Å². The van der Waals surface area contributed by atoms with Crippen molar-refractivity contribution in [3.8, 4) is 0 Å². The number of sulfonamides is 1. The molecule has 6 nitrogen and oxygen atoms in total. The molecule has 2 aliphatic heterocycles. The molecule has 1 amide bonds. The fourth-order valence-electron chi connectivity index (χ4n) is 4.82. The van der Waals surface area contributed by atoms with Crippen molar-refractivity contribution in [2.24, 2.45) is 0 Å². The van der Waals surface area contributed by atoms with Crippen LogP contribution in [0.4, 0.5) is 5.69 Å². The highest BCUT2D eigenvalue weighted by atomic mass is 32.2. The predicted octanol–water partition coefficient (Wildman–Crippen LogP) is 2.86. The van der Waals surface area contributed by atoms with E-state index in [1.807, 2.05) is 42.5 Å². The predicted molar refractivity (Wildman–Crippen MR) is 117 cm³/mol. The second-order valence-electron chi connectivity index (χ2n) is 7.83. The van der Waals surface area contributed by atoms with E-state index < -0.39 is 22.1 Å². The Labute approximate surface area is 181 Å². The van der Waals surface area contributed by atoms with E-state index in [1.54, 1.807) is 47.4 Å². The molecule has 3 aromatic carbocycles. The highest BCUT2D eigenvalue weighted by molar-refractivity contribution is 7.89. The van der Waals surface area contributed by atoms with Crippen LogP contribution in [-0.2, 0) is 10.0 Å². The van der Waals surface area contributed by atoms with Gasteiger partial charge in [0.1, 0.15) is 0 Å². The van der Waals surface area contributed by atoms with Gasteiger partial charge >= 0.3 is 0 Å². The minimum atomic E-state index is -3.81. The van der Waals surface area contributed by atoms with Crippen LogP contribution in [-0.4, -0.2) is 49.0 Å². The zero-order chi connectivity index (χ0) is 21.6. The molecular formula is C24H22N2O4S. The van der Waals surface area contributed by atoms with Crippen LogP contribution in [0.15, 0.2) is 89.8 Å². The minimum absolute atomic E-state index is 0.167. The van der Waals surface area contributed by atoms with Crippen molar-refractivity contribution in [1.82, 2.24) is 4.31 Å². The van der Waals surface area contributed by atoms with Gasteiger partial charge in [-0.1, -0.05) is 54.6 Å². The first kappa shape index (κ1) is 19.9. The van der Waals surface area contributed by atoms with Crippen molar-refractivity contribution in [2.75, 3.05) is 18.1 Å². The summed E-state index contributed by atoms with van der Waals surface area (Å²) in [5, 5.41) is 10.1. The number of aliphatic hydroxyl groups is 1. The van der Waals surface area contributed by atoms with Crippen molar-refractivity contribution in [2.45, 2.75) is 22.9 Å². The molecule has 1 saturated heterocycles. The van der Waals surface area contributed by atoms with Gasteiger partial charge in [-0.3, -0.25) is 4.79 Å². The van der Waals surface area contributed by atoms with Gasteiger partial charge < -0.3 is 10.0 Å². The number of anilines is 1. The van der Waals surface area contributed by atoms with E-state index in [0.29, 0.717) is 5.56 Å². The molecule has 0 radical (unpaired) electrons. The summed E-state index contributed by atoms with van der Waals surface area (Å²) in [6.45, 7) is -0.0494. The van der Waals surface area contributed by atoms with Crippen LogP contribution in [0.2, 0.25) is 0 Å². The van der Waals surface area contributed by atoms with E-state index in [-0.39, 0.29) is 29.9 Å². The van der Waals surface area contributed by atoms with Crippen molar-refractivity contribution in [3.63, 3.8) is 0 Å². The normalized spacial score (nSPS) is 22.9. The molecular weight excluding hydrogens is 412 g/mol. The lowest BCUT2D eigenvalue weighted by atomic mass is 9.74. The number of benzene rings is 3. The Morgan fingerprint density at radius 1 is 0.903 bits per heavy atom. The molecule has 0 unspecified atom stereocenters. The number of para-hydroxylation sites is 1. The number of rotatable bonds is 4. The quantitative estimate of drug-likeness (QED) is 0.685. The summed E-state index contributed by atoms with van der Waals surface area (Å²) < 4.78 is 28.2. The summed E-state index contributed by atoms with van der Waals surface area (Å²) in [5.74, 6) is -0.337. The summed E-state index contributed by atoms with van der Waals surface area (Å²) >= 11 is 0. The van der Waals surface area contributed by atoms with E-state index in [4.69, 9.17) is 0 Å². The maximum Gasteiger partial charge on any atom is 0.258 e. The zero-order valence-electron chi connectivity index (χ0n) is 16.7. The molecule has 0 bridgehead atoms. The molecule has 1 N–H and O–H groups in total. The first-order chi connectivity index (χ1) is 15.0. The molecule has 2 aliphatic rings. The molecule has 2 heterocycles. The Morgan fingerprint density at radius 3 is 2.19 bits per heavy atom. The van der Waals surface area contributed by atoms with Gasteiger partial charge in [0.25, 0.3) is 5.91 Å². The summed E-state index contributed by atoms with van der Waals surface area (Å²) in [5.41, 5.74) is 2.21. The largest absolute Gasteiger partial charge is 0.395 e. The fraction of sp³-hybridized carbons (Fsp3) is 0.208. The number of nitrogens with zero attached hydrogens (tertiary/aromatic N) is 2. The van der Waals surface area contributed by atoms with E-state index in [0.717, 1.165) is 11.3 Å². The number of hydrogen-bond donors (Lipinski definition) is 1. The van der Waals surface area contributed by atoms with Crippen LogP contribution < -0.4 is 4.90 Å². The number of aliphatic hydroxyl groups excluding tert-OH is 1. The maximum absolute atomic E-state index is 13.4. The molecule has 158 valence electrons. The summed E-state index contributed by atoms with van der Waals surface area (Å²) in [4.78, 5) is 15.2. The van der Waals surface area contributed by atoms with Crippen LogP contribution in [0.3, 0.4) is 0 Å². The number of carbonyl (C=O) groups excluding carboxylic acids is 1. The number of fused-ring (bicyclic) bond motifs is 3. The van der Waals surface area contributed by atoms with E-state index in [9.17, 15) is 18.3 Å². The van der Waals surface area contributed by atoms with Gasteiger partial charge in [-0.2, -0.15) is 4.31 Å². The van der Waals surface area contributed by atoms with Gasteiger partial charge in [-0.25, -0.2) is 8.42 Å². The third-order valence-electron chi connectivity index (χ3n) is 6.21. The third-order valence-corrected chi connectivity index (χ3v) is 8.18. The van der Waals surface area contributed by atoms with Gasteiger partial charge in [0, 0.05) is 23.7 Å². The van der Waals surface area contributed by atoms with Gasteiger partial charge in [0.15, 0.2) is 0 Å². The summed E-state index contributed by atoms with van der Waals surface area (Å²) in [7, 11) is -3.81. The second-order valence-corrected chi connectivity index (χ2v) is 9.67. The van der Waals surface area contributed by atoms with Crippen LogP contribution in [0.25, 0.3) is 0 Å². The molecule has 3 atom stereocenters. The molecule has 0 aromatic heterocycles. The highest BCUT2D eigenvalue weighted by Gasteiger charge is 2.58. The molecule has 3 aromatic rings. The fourth-order valence-corrected chi connectivity index (χ4v) is 6.67. The maximum atomic E-state index is 13.4. The lowest BCUT2D eigenvalue weighted by Gasteiger charge is -2.57. The minimum Gasteiger partial charge on any atom is -0.395 e. The number of hydrogen-bond acceptors (Lipinski definition) is 4. The molecule has 5 rings (SSSR count). The Hall–Kier alpha value is -3.00. The van der Waals surface area contributed by atoms with Gasteiger partial charge in [-0.05, 0) is 35.9 Å². The van der Waals surface area contributed by atoms with E-state index in [1.165, 1.54) is 4.31 Å². The third kappa shape index (κ3) is 3.08. The smallest absolute Gasteiger partial charge is 0.258 e. The topological polar surface area (TPSA) is 77.9 Å². The average molecular weight is 435 g/mol. The van der Waals surface area contributed by atoms with Crippen LogP contribution in [0, 0.1) is 0 Å². The van der Waals surface area contributed by atoms with Crippen molar-refractivity contribution < 1.29 is 18.3 Å². The van der Waals surface area contributed by atoms with Crippen molar-refractivity contribution in [3.05, 3.63) is 96.1 Å². The van der Waals surface area contributed by atoms with Gasteiger partial charge in [-0.15, -0.1) is 0 Å². The lowest BCUT2D eigenvalue weighted by Crippen LogP contribution is -2.70. The molecule has 1 fully saturated rings. The van der Waals surface area contributed by atoms with E-state index in [2.05, 4.69) is 0 Å². The van der Waals surface area contributed by atoms with Crippen LogP contribution in [0.1, 0.15) is 21.8 Å². The summed E-state index contributed by atoms with van der Waals surface area (Å²) in [6, 6.07) is 23.8. The SMILES string of the molecule is O=C(c1ccccc1)N1C[C@H]2[C@@H](c3ccccc31)[C@H](CO)N2S(=O)(=O)c1ccccc1. The molecule has 31 heavy (non-hydrogen) atoms. The molecule has 7 heteroatoms. The monoisotopic (exact) mass is 434 g/mol. The van der Waals surface area contributed by atoms with Crippen LogP contribution in [0.5, 0.6) is 0 Å². The Kier molecular flexibility index (Phi) is 4.89. The van der Waals surface area contributed by atoms with Crippen molar-refractivity contribution in [1.29, 1.82) is 0 Å². The van der Waals surface area contributed by atoms with Crippen molar-refractivity contribution >= 4 is 21.6 Å². The number of amides is 1. The Morgan fingerprint density at radius 2 is 1.52 bits per heavy atom. The molecule has 0 spiro atoms. The van der Waals surface area contributed by atoms with Gasteiger partial charge in [0.2, 0.25) is 10.0 Å². The molecule has 0 aliphatic carbocycles. The Bertz CT molecular complexity index is 1210. The van der Waals surface area contributed by atoms with Crippen LogP contribution >= 0.6 is 0 Å².